The van der Waals surface area contributed by atoms with Crippen LogP contribution in [0.2, 0.25) is 0 Å². The van der Waals surface area contributed by atoms with E-state index in [0.717, 1.165) is 17.4 Å². The maximum atomic E-state index is 12.7. The topological polar surface area (TPSA) is 85.2 Å². The zero-order chi connectivity index (χ0) is 17.3. The maximum absolute atomic E-state index is 12.7. The Bertz CT molecular complexity index is 766. The van der Waals surface area contributed by atoms with Gasteiger partial charge in [0.05, 0.1) is 26.7 Å². The lowest BCUT2D eigenvalue weighted by molar-refractivity contribution is 0.0820. The van der Waals surface area contributed by atoms with E-state index in [2.05, 4.69) is 0 Å². The summed E-state index contributed by atoms with van der Waals surface area (Å²) in [5.41, 5.74) is 1.01. The van der Waals surface area contributed by atoms with Crippen molar-refractivity contribution in [3.63, 3.8) is 0 Å². The maximum Gasteiger partial charge on any atom is 0.204 e. The van der Waals surface area contributed by atoms with Crippen LogP contribution in [0.5, 0.6) is 28.7 Å². The first-order valence-corrected chi connectivity index (χ1v) is 7.48. The number of Topliss-reactive ketones (excluding diaryl/α,β-unsaturated/α-hetero) is 1. The summed E-state index contributed by atoms with van der Waals surface area (Å²) in [7, 11) is 2.96. The molecule has 1 aliphatic heterocycles. The van der Waals surface area contributed by atoms with Crippen LogP contribution in [0, 0.1) is 5.92 Å². The van der Waals surface area contributed by atoms with Gasteiger partial charge < -0.3 is 24.4 Å². The number of rotatable bonds is 4. The number of ketones is 1. The molecule has 0 saturated carbocycles. The fourth-order valence-electron chi connectivity index (χ4n) is 2.85. The zero-order valence-corrected chi connectivity index (χ0v) is 13.4. The Hall–Kier alpha value is -2.89. The number of phenols is 2. The number of fused-ring (bicyclic) bond motifs is 1. The fourth-order valence-corrected chi connectivity index (χ4v) is 2.85. The number of hydrogen-bond donors (Lipinski definition) is 2. The van der Waals surface area contributed by atoms with Gasteiger partial charge in [-0.3, -0.25) is 4.79 Å². The number of methoxy groups -OCH3 is 2. The van der Waals surface area contributed by atoms with Crippen LogP contribution in [-0.4, -0.2) is 36.8 Å². The molecule has 0 fully saturated rings. The summed E-state index contributed by atoms with van der Waals surface area (Å²) in [6.07, 6.45) is 0.477. The quantitative estimate of drug-likeness (QED) is 0.896. The lowest BCUT2D eigenvalue weighted by Gasteiger charge is -2.26. The van der Waals surface area contributed by atoms with Gasteiger partial charge in [0.15, 0.2) is 17.3 Å². The first kappa shape index (κ1) is 16.0. The van der Waals surface area contributed by atoms with Crippen LogP contribution in [0.15, 0.2) is 30.3 Å². The second-order valence-corrected chi connectivity index (χ2v) is 5.58. The Morgan fingerprint density at radius 1 is 1.12 bits per heavy atom. The lowest BCUT2D eigenvalue weighted by Crippen LogP contribution is -2.29. The van der Waals surface area contributed by atoms with Gasteiger partial charge in [-0.15, -0.1) is 0 Å². The molecule has 2 aromatic carbocycles. The largest absolute Gasteiger partial charge is 0.507 e. The van der Waals surface area contributed by atoms with E-state index in [1.54, 1.807) is 7.11 Å². The third-order valence-corrected chi connectivity index (χ3v) is 4.09. The molecule has 1 aliphatic rings. The molecule has 0 unspecified atom stereocenters. The first-order chi connectivity index (χ1) is 11.5. The number of benzene rings is 2. The van der Waals surface area contributed by atoms with Crippen LogP contribution >= 0.6 is 0 Å². The molecule has 1 heterocycles. The van der Waals surface area contributed by atoms with Crippen molar-refractivity contribution in [3.05, 3.63) is 41.5 Å². The highest BCUT2D eigenvalue weighted by molar-refractivity contribution is 6.05. The van der Waals surface area contributed by atoms with Crippen molar-refractivity contribution in [2.45, 2.75) is 6.42 Å². The second kappa shape index (κ2) is 6.31. The van der Waals surface area contributed by atoms with Gasteiger partial charge in [-0.05, 0) is 24.1 Å². The minimum absolute atomic E-state index is 0.0504. The minimum Gasteiger partial charge on any atom is -0.507 e. The molecule has 0 saturated heterocycles. The average Bonchev–Trinajstić information content (AvgIpc) is 2.58. The van der Waals surface area contributed by atoms with E-state index in [4.69, 9.17) is 14.2 Å². The molecule has 6 nitrogen and oxygen atoms in total. The molecule has 0 bridgehead atoms. The average molecular weight is 330 g/mol. The van der Waals surface area contributed by atoms with Gasteiger partial charge in [0, 0.05) is 6.07 Å². The van der Waals surface area contributed by atoms with E-state index >= 15 is 0 Å². The van der Waals surface area contributed by atoms with E-state index in [-0.39, 0.29) is 41.0 Å². The molecule has 1 atom stereocenters. The molecule has 0 aliphatic carbocycles. The van der Waals surface area contributed by atoms with Crippen LogP contribution in [0.4, 0.5) is 0 Å². The van der Waals surface area contributed by atoms with Crippen LogP contribution in [-0.2, 0) is 6.42 Å². The lowest BCUT2D eigenvalue weighted by atomic mass is 9.89. The van der Waals surface area contributed by atoms with Crippen LogP contribution in [0.1, 0.15) is 15.9 Å². The van der Waals surface area contributed by atoms with Gasteiger partial charge in [0.1, 0.15) is 17.1 Å². The number of carbonyl (C=O) groups is 1. The summed E-state index contributed by atoms with van der Waals surface area (Å²) in [6.45, 7) is 0.150. The summed E-state index contributed by atoms with van der Waals surface area (Å²) >= 11 is 0. The van der Waals surface area contributed by atoms with E-state index < -0.39 is 5.92 Å². The normalized spacial score (nSPS) is 16.2. The van der Waals surface area contributed by atoms with E-state index in [9.17, 15) is 15.0 Å². The first-order valence-electron chi connectivity index (χ1n) is 7.48. The number of hydrogen-bond acceptors (Lipinski definition) is 6. The summed E-state index contributed by atoms with van der Waals surface area (Å²) in [4.78, 5) is 12.7. The van der Waals surface area contributed by atoms with Crippen LogP contribution in [0.3, 0.4) is 0 Å². The Balaban J connectivity index is 1.89. The minimum atomic E-state index is -0.425. The van der Waals surface area contributed by atoms with Crippen molar-refractivity contribution in [1.82, 2.24) is 0 Å². The highest BCUT2D eigenvalue weighted by Gasteiger charge is 2.35. The Labute approximate surface area is 139 Å². The second-order valence-electron chi connectivity index (χ2n) is 5.58. The Morgan fingerprint density at radius 3 is 2.46 bits per heavy atom. The molecular formula is C18H18O6. The van der Waals surface area contributed by atoms with Gasteiger partial charge >= 0.3 is 0 Å². The summed E-state index contributed by atoms with van der Waals surface area (Å²) in [5.74, 6) is -0.352. The third-order valence-electron chi connectivity index (χ3n) is 4.09. The van der Waals surface area contributed by atoms with Crippen molar-refractivity contribution in [2.24, 2.45) is 5.92 Å². The fraction of sp³-hybridized carbons (Fsp3) is 0.278. The smallest absolute Gasteiger partial charge is 0.204 e. The van der Waals surface area contributed by atoms with Gasteiger partial charge in [-0.25, -0.2) is 0 Å². The van der Waals surface area contributed by atoms with Crippen molar-refractivity contribution in [1.29, 1.82) is 0 Å². The molecule has 3 rings (SSSR count). The van der Waals surface area contributed by atoms with Gasteiger partial charge in [0.25, 0.3) is 0 Å². The third kappa shape index (κ3) is 2.71. The molecule has 6 heteroatoms. The molecule has 2 aromatic rings. The van der Waals surface area contributed by atoms with Crippen molar-refractivity contribution in [3.8, 4) is 28.7 Å². The van der Waals surface area contributed by atoms with Crippen molar-refractivity contribution in [2.75, 3.05) is 20.8 Å². The molecule has 2 N–H and O–H groups in total. The highest BCUT2D eigenvalue weighted by atomic mass is 16.5. The monoisotopic (exact) mass is 330 g/mol. The van der Waals surface area contributed by atoms with Gasteiger partial charge in [-0.2, -0.15) is 0 Å². The van der Waals surface area contributed by atoms with E-state index in [1.165, 1.54) is 7.11 Å². The SMILES string of the molecule is COc1ccc(C[C@H]2COc3c(OC)c(O)cc(O)c3C2=O)cc1. The van der Waals surface area contributed by atoms with Crippen molar-refractivity contribution < 1.29 is 29.2 Å². The number of phenolic OH excluding ortho intramolecular Hbond substituents is 2. The van der Waals surface area contributed by atoms with E-state index in [0.29, 0.717) is 6.42 Å². The Morgan fingerprint density at radius 2 is 1.83 bits per heavy atom. The van der Waals surface area contributed by atoms with E-state index in [1.807, 2.05) is 24.3 Å². The number of carbonyl (C=O) groups excluding carboxylic acids is 1. The molecule has 0 spiro atoms. The summed E-state index contributed by atoms with van der Waals surface area (Å²) in [6, 6.07) is 8.53. The van der Waals surface area contributed by atoms with Crippen LogP contribution in [0.25, 0.3) is 0 Å². The summed E-state index contributed by atoms with van der Waals surface area (Å²) in [5, 5.41) is 19.8. The molecule has 0 radical (unpaired) electrons. The van der Waals surface area contributed by atoms with Gasteiger partial charge in [-0.1, -0.05) is 12.1 Å². The predicted molar refractivity (Wildman–Crippen MR) is 86.3 cm³/mol. The molecule has 0 aromatic heterocycles. The predicted octanol–water partition coefficient (Wildman–Crippen LogP) is 2.55. The number of ether oxygens (including phenoxy) is 3. The molecule has 24 heavy (non-hydrogen) atoms. The molecular weight excluding hydrogens is 312 g/mol. The van der Waals surface area contributed by atoms with Gasteiger partial charge in [0.2, 0.25) is 5.75 Å². The molecule has 0 amide bonds. The standard InChI is InChI=1S/C18H18O6/c1-22-12-5-3-10(4-6-12)7-11-9-24-18-15(16(11)21)13(19)8-14(20)17(18)23-2/h3-6,8,11,19-20H,7,9H2,1-2H3/t11-/m0/s1. The number of aromatic hydroxyl groups is 2. The highest BCUT2D eigenvalue weighted by Crippen LogP contribution is 2.47. The Kier molecular flexibility index (Phi) is 4.20. The van der Waals surface area contributed by atoms with Crippen molar-refractivity contribution >= 4 is 5.78 Å². The summed E-state index contributed by atoms with van der Waals surface area (Å²) < 4.78 is 15.8. The van der Waals surface area contributed by atoms with Crippen LogP contribution < -0.4 is 14.2 Å². The zero-order valence-electron chi connectivity index (χ0n) is 13.4. The molecule has 126 valence electrons.